The molecule has 1 aliphatic heterocycles. The number of nitrogens with zero attached hydrogens (tertiary/aromatic N) is 2. The van der Waals surface area contributed by atoms with E-state index in [-0.39, 0.29) is 24.2 Å². The van der Waals surface area contributed by atoms with E-state index >= 15 is 0 Å². The molecule has 2 atom stereocenters. The summed E-state index contributed by atoms with van der Waals surface area (Å²) in [4.78, 5) is 38.2. The van der Waals surface area contributed by atoms with Crippen LogP contribution in [0.2, 0.25) is 0 Å². The fraction of sp³-hybridized carbons (Fsp3) is 0.643. The first kappa shape index (κ1) is 16.2. The Morgan fingerprint density at radius 3 is 2.55 bits per heavy atom. The zero-order valence-electron chi connectivity index (χ0n) is 12.3. The summed E-state index contributed by atoms with van der Waals surface area (Å²) < 4.78 is 5.00. The van der Waals surface area contributed by atoms with Crippen molar-refractivity contribution in [1.29, 1.82) is 0 Å². The normalized spacial score (nSPS) is 21.4. The Balaban J connectivity index is 2.80. The molecule has 0 spiro atoms. The van der Waals surface area contributed by atoms with Gasteiger partial charge < -0.3 is 14.4 Å². The number of Topliss-reactive ketones (excluding diaryl/α,β-unsaturated/α-hetero) is 1. The van der Waals surface area contributed by atoms with Gasteiger partial charge in [-0.05, 0) is 19.3 Å². The standard InChI is InChI=1S/C14H22N2O4/c1-5-6-20-14(19)16-9-11(7-10(2)17)8-12(16)13(18)15(3)4/h5,11-12H,1,6-9H2,2-4H3/t11-,12-/m0/s1. The summed E-state index contributed by atoms with van der Waals surface area (Å²) in [6, 6.07) is -0.549. The van der Waals surface area contributed by atoms with Crippen LogP contribution in [0.25, 0.3) is 0 Å². The molecule has 0 radical (unpaired) electrons. The van der Waals surface area contributed by atoms with Crippen LogP contribution in [-0.2, 0) is 14.3 Å². The highest BCUT2D eigenvalue weighted by Crippen LogP contribution is 2.27. The molecular weight excluding hydrogens is 260 g/mol. The third-order valence-corrected chi connectivity index (χ3v) is 3.25. The molecule has 0 aliphatic carbocycles. The van der Waals surface area contributed by atoms with Crippen LogP contribution in [0.4, 0.5) is 4.79 Å². The quantitative estimate of drug-likeness (QED) is 0.707. The van der Waals surface area contributed by atoms with Crippen LogP contribution in [0.3, 0.4) is 0 Å². The number of ether oxygens (including phenoxy) is 1. The molecule has 6 nitrogen and oxygen atoms in total. The summed E-state index contributed by atoms with van der Waals surface area (Å²) in [5.41, 5.74) is 0. The van der Waals surface area contributed by atoms with Gasteiger partial charge in [-0.15, -0.1) is 0 Å². The summed E-state index contributed by atoms with van der Waals surface area (Å²) >= 11 is 0. The Bertz CT molecular complexity index is 406. The van der Waals surface area contributed by atoms with Crippen molar-refractivity contribution in [3.05, 3.63) is 12.7 Å². The van der Waals surface area contributed by atoms with E-state index < -0.39 is 12.1 Å². The number of ketones is 1. The average molecular weight is 282 g/mol. The van der Waals surface area contributed by atoms with Gasteiger partial charge in [0.15, 0.2) is 0 Å². The topological polar surface area (TPSA) is 66.9 Å². The predicted molar refractivity (Wildman–Crippen MR) is 74.1 cm³/mol. The summed E-state index contributed by atoms with van der Waals surface area (Å²) in [7, 11) is 3.29. The van der Waals surface area contributed by atoms with Crippen LogP contribution in [0, 0.1) is 5.92 Å². The third-order valence-electron chi connectivity index (χ3n) is 3.25. The molecule has 0 saturated carbocycles. The van der Waals surface area contributed by atoms with Gasteiger partial charge in [-0.3, -0.25) is 9.69 Å². The van der Waals surface area contributed by atoms with Gasteiger partial charge in [-0.1, -0.05) is 12.7 Å². The smallest absolute Gasteiger partial charge is 0.410 e. The molecule has 1 aliphatic rings. The van der Waals surface area contributed by atoms with E-state index in [1.165, 1.54) is 22.8 Å². The minimum absolute atomic E-state index is 0.0117. The Labute approximate surface area is 119 Å². The van der Waals surface area contributed by atoms with Crippen molar-refractivity contribution in [2.24, 2.45) is 5.92 Å². The SMILES string of the molecule is C=CCOC(=O)N1C[C@@H](CC(C)=O)C[C@H]1C(=O)N(C)C. The van der Waals surface area contributed by atoms with Crippen molar-refractivity contribution in [2.75, 3.05) is 27.2 Å². The highest BCUT2D eigenvalue weighted by Gasteiger charge is 2.41. The minimum Gasteiger partial charge on any atom is -0.445 e. The number of rotatable bonds is 5. The van der Waals surface area contributed by atoms with Gasteiger partial charge in [0, 0.05) is 27.1 Å². The number of carbonyl (C=O) groups is 3. The summed E-state index contributed by atoms with van der Waals surface area (Å²) in [6.07, 6.45) is 1.82. The van der Waals surface area contributed by atoms with Gasteiger partial charge >= 0.3 is 6.09 Å². The van der Waals surface area contributed by atoms with Gasteiger partial charge in [-0.2, -0.15) is 0 Å². The highest BCUT2D eigenvalue weighted by molar-refractivity contribution is 5.86. The van der Waals surface area contributed by atoms with Gasteiger partial charge in [0.2, 0.25) is 5.91 Å². The van der Waals surface area contributed by atoms with Crippen molar-refractivity contribution in [3.63, 3.8) is 0 Å². The number of likely N-dealkylation sites (N-methyl/N-ethyl adjacent to an activating group) is 1. The first-order valence-corrected chi connectivity index (χ1v) is 6.61. The molecule has 0 N–H and O–H groups in total. The van der Waals surface area contributed by atoms with E-state index in [2.05, 4.69) is 6.58 Å². The number of carbonyl (C=O) groups excluding carboxylic acids is 3. The lowest BCUT2D eigenvalue weighted by Crippen LogP contribution is -2.45. The number of amides is 2. The molecular formula is C14H22N2O4. The molecule has 0 aromatic carbocycles. The predicted octanol–water partition coefficient (Wildman–Crippen LogP) is 1.07. The van der Waals surface area contributed by atoms with E-state index in [0.29, 0.717) is 19.4 Å². The van der Waals surface area contributed by atoms with Crippen molar-refractivity contribution in [3.8, 4) is 0 Å². The zero-order valence-corrected chi connectivity index (χ0v) is 12.3. The van der Waals surface area contributed by atoms with Crippen LogP contribution < -0.4 is 0 Å². The molecule has 2 amide bonds. The summed E-state index contributed by atoms with van der Waals surface area (Å²) in [5.74, 6) is -0.0725. The maximum Gasteiger partial charge on any atom is 0.410 e. The van der Waals surface area contributed by atoms with Crippen LogP contribution in [0.15, 0.2) is 12.7 Å². The van der Waals surface area contributed by atoms with Crippen LogP contribution in [-0.4, -0.2) is 60.9 Å². The third kappa shape index (κ3) is 4.08. The van der Waals surface area contributed by atoms with E-state index in [1.807, 2.05) is 0 Å². The maximum atomic E-state index is 12.1. The largest absolute Gasteiger partial charge is 0.445 e. The van der Waals surface area contributed by atoms with Gasteiger partial charge in [0.25, 0.3) is 0 Å². The Morgan fingerprint density at radius 1 is 1.40 bits per heavy atom. The second kappa shape index (κ2) is 7.07. The number of hydrogen-bond donors (Lipinski definition) is 0. The van der Waals surface area contributed by atoms with Crippen LogP contribution in [0.1, 0.15) is 19.8 Å². The molecule has 0 aromatic rings. The van der Waals surface area contributed by atoms with Crippen molar-refractivity contribution >= 4 is 17.8 Å². The number of likely N-dealkylation sites (tertiary alicyclic amines) is 1. The van der Waals surface area contributed by atoms with Crippen molar-refractivity contribution in [1.82, 2.24) is 9.80 Å². The first-order chi connectivity index (χ1) is 9.36. The van der Waals surface area contributed by atoms with E-state index in [1.54, 1.807) is 14.1 Å². The van der Waals surface area contributed by atoms with Crippen molar-refractivity contribution in [2.45, 2.75) is 25.8 Å². The highest BCUT2D eigenvalue weighted by atomic mass is 16.6. The molecule has 1 fully saturated rings. The summed E-state index contributed by atoms with van der Waals surface area (Å²) in [5, 5.41) is 0. The van der Waals surface area contributed by atoms with E-state index in [0.717, 1.165) is 0 Å². The lowest BCUT2D eigenvalue weighted by atomic mass is 9.99. The molecule has 1 rings (SSSR count). The Kier molecular flexibility index (Phi) is 5.73. The second-order valence-electron chi connectivity index (χ2n) is 5.27. The lowest BCUT2D eigenvalue weighted by Gasteiger charge is -2.25. The minimum atomic E-state index is -0.549. The van der Waals surface area contributed by atoms with Crippen molar-refractivity contribution < 1.29 is 19.1 Å². The Morgan fingerprint density at radius 2 is 2.05 bits per heavy atom. The summed E-state index contributed by atoms with van der Waals surface area (Å²) in [6.45, 7) is 5.48. The lowest BCUT2D eigenvalue weighted by molar-refractivity contribution is -0.133. The molecule has 0 bridgehead atoms. The Hall–Kier alpha value is -1.85. The average Bonchev–Trinajstić information content (AvgIpc) is 2.77. The van der Waals surface area contributed by atoms with Gasteiger partial charge in [-0.25, -0.2) is 4.79 Å². The molecule has 0 aromatic heterocycles. The molecule has 112 valence electrons. The van der Waals surface area contributed by atoms with Gasteiger partial charge in [0.1, 0.15) is 18.4 Å². The maximum absolute atomic E-state index is 12.1. The molecule has 1 heterocycles. The van der Waals surface area contributed by atoms with Crippen LogP contribution in [0.5, 0.6) is 0 Å². The molecule has 6 heteroatoms. The monoisotopic (exact) mass is 282 g/mol. The molecule has 20 heavy (non-hydrogen) atoms. The van der Waals surface area contributed by atoms with E-state index in [4.69, 9.17) is 4.74 Å². The van der Waals surface area contributed by atoms with Crippen LogP contribution >= 0.6 is 0 Å². The fourth-order valence-corrected chi connectivity index (χ4v) is 2.42. The van der Waals surface area contributed by atoms with E-state index in [9.17, 15) is 14.4 Å². The van der Waals surface area contributed by atoms with Gasteiger partial charge in [0.05, 0.1) is 0 Å². The zero-order chi connectivity index (χ0) is 15.3. The molecule has 0 unspecified atom stereocenters. The molecule has 1 saturated heterocycles. The second-order valence-corrected chi connectivity index (χ2v) is 5.27. The fourth-order valence-electron chi connectivity index (χ4n) is 2.42. The first-order valence-electron chi connectivity index (χ1n) is 6.61. The number of hydrogen-bond acceptors (Lipinski definition) is 4.